The van der Waals surface area contributed by atoms with Crippen molar-refractivity contribution in [3.63, 3.8) is 0 Å². The van der Waals surface area contributed by atoms with E-state index in [1.165, 1.54) is 51.4 Å². The number of carbonyl (C=O) groups excluding carboxylic acids is 1. The topological polar surface area (TPSA) is 38.3 Å². The van der Waals surface area contributed by atoms with Gasteiger partial charge in [0.15, 0.2) is 0 Å². The van der Waals surface area contributed by atoms with Gasteiger partial charge in [-0.1, -0.05) is 83.2 Å². The summed E-state index contributed by atoms with van der Waals surface area (Å²) in [5.74, 6) is 5.09. The van der Waals surface area contributed by atoms with E-state index in [0.717, 1.165) is 54.8 Å². The van der Waals surface area contributed by atoms with Gasteiger partial charge in [0.2, 0.25) is 0 Å². The average Bonchev–Trinajstić information content (AvgIpc) is 3.21. The molecule has 0 unspecified atom stereocenters. The first-order chi connectivity index (χ1) is 18.1. The van der Waals surface area contributed by atoms with Gasteiger partial charge in [-0.25, -0.2) is 4.79 Å². The van der Waals surface area contributed by atoms with Gasteiger partial charge in [-0.2, -0.15) is 0 Å². The molecular weight excluding hydrogens is 490 g/mol. The van der Waals surface area contributed by atoms with Crippen molar-refractivity contribution >= 4 is 23.4 Å². The van der Waals surface area contributed by atoms with Crippen LogP contribution < -0.4 is 5.32 Å². The molecule has 8 atom stereocenters. The first-order valence-corrected chi connectivity index (χ1v) is 15.9. The first kappa shape index (κ1) is 28.1. The van der Waals surface area contributed by atoms with Crippen molar-refractivity contribution in [1.82, 2.24) is 0 Å². The number of hydrogen-bond acceptors (Lipinski definition) is 2. The molecule has 3 nitrogen and oxygen atoms in total. The Bertz CT molecular complexity index is 1040. The van der Waals surface area contributed by atoms with Gasteiger partial charge < -0.3 is 4.74 Å². The minimum atomic E-state index is -0.372. The van der Waals surface area contributed by atoms with Gasteiger partial charge in [-0.3, -0.25) is 5.32 Å². The predicted octanol–water partition coefficient (Wildman–Crippen LogP) is 10.3. The summed E-state index contributed by atoms with van der Waals surface area (Å²) in [5.41, 5.74) is 3.04. The number of amides is 1. The molecule has 1 aromatic rings. The number of ether oxygens (including phenoxy) is 1. The zero-order valence-corrected chi connectivity index (χ0v) is 25.2. The summed E-state index contributed by atoms with van der Waals surface area (Å²) in [7, 11) is 0. The molecule has 4 aliphatic rings. The van der Waals surface area contributed by atoms with Crippen LogP contribution in [0.1, 0.15) is 105 Å². The second-order valence-corrected chi connectivity index (χ2v) is 14.6. The van der Waals surface area contributed by atoms with Gasteiger partial charge in [-0.05, 0) is 109 Å². The maximum atomic E-state index is 12.6. The maximum absolute atomic E-state index is 12.6. The third kappa shape index (κ3) is 5.43. The number of benzene rings is 1. The Morgan fingerprint density at radius 2 is 1.89 bits per heavy atom. The Labute approximate surface area is 236 Å². The van der Waals surface area contributed by atoms with Crippen LogP contribution in [0.15, 0.2) is 35.9 Å². The number of nitrogens with one attached hydrogen (secondary N) is 1. The lowest BCUT2D eigenvalue weighted by Crippen LogP contribution is -2.51. The summed E-state index contributed by atoms with van der Waals surface area (Å²) < 4.78 is 5.90. The molecule has 0 saturated heterocycles. The lowest BCUT2D eigenvalue weighted by molar-refractivity contribution is -0.0577. The fraction of sp³-hybridized carbons (Fsp3) is 0.735. The quantitative estimate of drug-likeness (QED) is 0.350. The van der Waals surface area contributed by atoms with Gasteiger partial charge in [0.1, 0.15) is 6.10 Å². The SMILES string of the molecule is CC(C)CCC[C@H](C)[C@H]1CC[C@H]2[C@H]3CC=C4C[C@@H](OC(=O)Nc5cccc(Cl)c5)CC[C@]4(C)[C@@H]3CC[C@]12C. The number of anilines is 1. The molecule has 0 bridgehead atoms. The molecule has 1 amide bonds. The van der Waals surface area contributed by atoms with Crippen molar-refractivity contribution in [3.05, 3.63) is 40.9 Å². The van der Waals surface area contributed by atoms with E-state index in [-0.39, 0.29) is 17.6 Å². The summed E-state index contributed by atoms with van der Waals surface area (Å²) in [6, 6.07) is 7.23. The van der Waals surface area contributed by atoms with E-state index in [2.05, 4.69) is 46.0 Å². The van der Waals surface area contributed by atoms with E-state index in [0.29, 0.717) is 16.1 Å². The summed E-state index contributed by atoms with van der Waals surface area (Å²) in [6.07, 6.45) is 16.2. The van der Waals surface area contributed by atoms with Crippen LogP contribution in [0.4, 0.5) is 10.5 Å². The van der Waals surface area contributed by atoms with Crippen molar-refractivity contribution < 1.29 is 9.53 Å². The lowest BCUT2D eigenvalue weighted by atomic mass is 9.47. The second kappa shape index (κ2) is 11.2. The molecule has 1 N–H and O–H groups in total. The molecule has 38 heavy (non-hydrogen) atoms. The predicted molar refractivity (Wildman–Crippen MR) is 158 cm³/mol. The molecule has 210 valence electrons. The molecule has 3 fully saturated rings. The van der Waals surface area contributed by atoms with Crippen LogP contribution in [0.3, 0.4) is 0 Å². The molecule has 4 aliphatic carbocycles. The summed E-state index contributed by atoms with van der Waals surface area (Å²) in [4.78, 5) is 12.6. The minimum Gasteiger partial charge on any atom is -0.446 e. The molecule has 0 spiro atoms. The van der Waals surface area contributed by atoms with Crippen LogP contribution in [-0.2, 0) is 4.74 Å². The van der Waals surface area contributed by atoms with Crippen LogP contribution in [-0.4, -0.2) is 12.2 Å². The van der Waals surface area contributed by atoms with Crippen molar-refractivity contribution in [1.29, 1.82) is 0 Å². The zero-order valence-electron chi connectivity index (χ0n) is 24.4. The van der Waals surface area contributed by atoms with E-state index in [4.69, 9.17) is 16.3 Å². The number of hydrogen-bond donors (Lipinski definition) is 1. The standard InChI is InChI=1S/C34H50ClNO2/c1-22(2)8-6-9-23(3)29-14-15-30-28-13-12-24-20-27(38-32(37)36-26-11-7-10-25(35)21-26)16-18-33(24,4)31(28)17-19-34(29,30)5/h7,10-12,21-23,27-31H,6,8-9,13-20H2,1-5H3,(H,36,37)/t23-,27-,28+,29+,30-,31+,33-,34+/m0/s1. The molecule has 4 heteroatoms. The summed E-state index contributed by atoms with van der Waals surface area (Å²) in [5, 5.41) is 3.46. The van der Waals surface area contributed by atoms with E-state index in [1.54, 1.807) is 17.7 Å². The monoisotopic (exact) mass is 539 g/mol. The Kier molecular flexibility index (Phi) is 8.26. The fourth-order valence-electron chi connectivity index (χ4n) is 9.62. The molecule has 0 aromatic heterocycles. The van der Waals surface area contributed by atoms with Gasteiger partial charge in [-0.15, -0.1) is 0 Å². The van der Waals surface area contributed by atoms with Gasteiger partial charge >= 0.3 is 6.09 Å². The number of carbonyl (C=O) groups is 1. The van der Waals surface area contributed by atoms with Crippen LogP contribution in [0, 0.1) is 46.3 Å². The first-order valence-electron chi connectivity index (χ1n) is 15.5. The zero-order chi connectivity index (χ0) is 27.1. The highest BCUT2D eigenvalue weighted by Gasteiger charge is 2.59. The van der Waals surface area contributed by atoms with Crippen LogP contribution in [0.25, 0.3) is 0 Å². The Morgan fingerprint density at radius 3 is 2.66 bits per heavy atom. The van der Waals surface area contributed by atoms with E-state index in [1.807, 2.05) is 12.1 Å². The van der Waals surface area contributed by atoms with Crippen LogP contribution in [0.5, 0.6) is 0 Å². The average molecular weight is 540 g/mol. The largest absolute Gasteiger partial charge is 0.446 e. The third-order valence-corrected chi connectivity index (χ3v) is 11.8. The van der Waals surface area contributed by atoms with Crippen molar-refractivity contribution in [2.75, 3.05) is 5.32 Å². The van der Waals surface area contributed by atoms with Crippen molar-refractivity contribution in [2.24, 2.45) is 46.3 Å². The Hall–Kier alpha value is -1.48. The van der Waals surface area contributed by atoms with E-state index in [9.17, 15) is 4.79 Å². The van der Waals surface area contributed by atoms with E-state index < -0.39 is 0 Å². The van der Waals surface area contributed by atoms with Crippen molar-refractivity contribution in [3.8, 4) is 0 Å². The Balaban J connectivity index is 1.22. The second-order valence-electron chi connectivity index (χ2n) is 14.2. The van der Waals surface area contributed by atoms with Gasteiger partial charge in [0.25, 0.3) is 0 Å². The van der Waals surface area contributed by atoms with Crippen LogP contribution >= 0.6 is 11.6 Å². The fourth-order valence-corrected chi connectivity index (χ4v) is 9.81. The summed E-state index contributed by atoms with van der Waals surface area (Å²) in [6.45, 7) is 12.5. The molecule has 0 aliphatic heterocycles. The highest BCUT2D eigenvalue weighted by Crippen LogP contribution is 2.67. The number of allylic oxidation sites excluding steroid dienone is 1. The maximum Gasteiger partial charge on any atom is 0.411 e. The normalized spacial score (nSPS) is 37.0. The highest BCUT2D eigenvalue weighted by molar-refractivity contribution is 6.30. The Morgan fingerprint density at radius 1 is 1.08 bits per heavy atom. The minimum absolute atomic E-state index is 0.0403. The highest BCUT2D eigenvalue weighted by atomic mass is 35.5. The van der Waals surface area contributed by atoms with Gasteiger partial charge in [0.05, 0.1) is 0 Å². The lowest BCUT2D eigenvalue weighted by Gasteiger charge is -2.58. The van der Waals surface area contributed by atoms with Crippen LogP contribution in [0.2, 0.25) is 5.02 Å². The molecule has 0 heterocycles. The van der Waals surface area contributed by atoms with E-state index >= 15 is 0 Å². The molecule has 5 rings (SSSR count). The third-order valence-electron chi connectivity index (χ3n) is 11.6. The molecule has 3 saturated carbocycles. The number of fused-ring (bicyclic) bond motifs is 5. The van der Waals surface area contributed by atoms with Crippen molar-refractivity contribution in [2.45, 2.75) is 111 Å². The smallest absolute Gasteiger partial charge is 0.411 e. The molecule has 1 aromatic carbocycles. The summed E-state index contributed by atoms with van der Waals surface area (Å²) >= 11 is 6.06. The van der Waals surface area contributed by atoms with Gasteiger partial charge in [0, 0.05) is 17.1 Å². The molecule has 0 radical (unpaired) electrons. The number of halogens is 1. The number of rotatable bonds is 7. The molecular formula is C34H50ClNO2.